The highest BCUT2D eigenvalue weighted by molar-refractivity contribution is 6.31. The average Bonchev–Trinajstić information content (AvgIpc) is 2.45. The molecule has 0 amide bonds. The standard InChI is InChI=1S/C16H18ClFN2O/c1-11(2)19-8-13-7-14(18)9-20-16(13)21-10-12-5-3-4-6-15(12)17/h3-7,9,11,19H,8,10H2,1-2H3. The molecule has 0 saturated heterocycles. The Balaban J connectivity index is 2.10. The van der Waals surface area contributed by atoms with Gasteiger partial charge in [-0.15, -0.1) is 0 Å². The van der Waals surface area contributed by atoms with Crippen molar-refractivity contribution in [2.24, 2.45) is 0 Å². The molecule has 1 heterocycles. The Bertz CT molecular complexity index is 605. The normalized spacial score (nSPS) is 10.9. The molecule has 1 aromatic carbocycles. The molecule has 0 unspecified atom stereocenters. The second-order valence-electron chi connectivity index (χ2n) is 5.03. The summed E-state index contributed by atoms with van der Waals surface area (Å²) in [6.45, 7) is 4.85. The van der Waals surface area contributed by atoms with Gasteiger partial charge in [0.05, 0.1) is 6.20 Å². The summed E-state index contributed by atoms with van der Waals surface area (Å²) in [6, 6.07) is 9.18. The van der Waals surface area contributed by atoms with Crippen LogP contribution in [0.15, 0.2) is 36.5 Å². The zero-order valence-corrected chi connectivity index (χ0v) is 12.8. The molecule has 3 nitrogen and oxygen atoms in total. The van der Waals surface area contributed by atoms with Crippen LogP contribution in [0.1, 0.15) is 25.0 Å². The van der Waals surface area contributed by atoms with Crippen LogP contribution in [-0.4, -0.2) is 11.0 Å². The first-order chi connectivity index (χ1) is 10.1. The fourth-order valence-corrected chi connectivity index (χ4v) is 1.99. The van der Waals surface area contributed by atoms with Gasteiger partial charge in [0.25, 0.3) is 0 Å². The predicted octanol–water partition coefficient (Wildman–Crippen LogP) is 3.95. The Kier molecular flexibility index (Phi) is 5.53. The van der Waals surface area contributed by atoms with E-state index in [2.05, 4.69) is 10.3 Å². The molecule has 0 atom stereocenters. The first-order valence-electron chi connectivity index (χ1n) is 6.80. The summed E-state index contributed by atoms with van der Waals surface area (Å²) in [5.74, 6) is 0.0464. The average molecular weight is 309 g/mol. The Hall–Kier alpha value is -1.65. The molecule has 0 aliphatic heterocycles. The van der Waals surface area contributed by atoms with E-state index in [0.717, 1.165) is 11.8 Å². The molecule has 0 radical (unpaired) electrons. The van der Waals surface area contributed by atoms with Crippen LogP contribution >= 0.6 is 11.6 Å². The number of rotatable bonds is 6. The van der Waals surface area contributed by atoms with E-state index in [1.54, 1.807) is 6.07 Å². The lowest BCUT2D eigenvalue weighted by Gasteiger charge is -2.13. The van der Waals surface area contributed by atoms with E-state index in [-0.39, 0.29) is 5.82 Å². The zero-order chi connectivity index (χ0) is 15.2. The Morgan fingerprint density at radius 1 is 1.29 bits per heavy atom. The van der Waals surface area contributed by atoms with Gasteiger partial charge in [0.1, 0.15) is 12.4 Å². The number of nitrogens with one attached hydrogen (secondary N) is 1. The Labute approximate surface area is 129 Å². The summed E-state index contributed by atoms with van der Waals surface area (Å²) < 4.78 is 19.0. The summed E-state index contributed by atoms with van der Waals surface area (Å²) in [6.07, 6.45) is 1.15. The molecule has 5 heteroatoms. The molecule has 21 heavy (non-hydrogen) atoms. The lowest BCUT2D eigenvalue weighted by atomic mass is 10.2. The van der Waals surface area contributed by atoms with Gasteiger partial charge in [-0.25, -0.2) is 9.37 Å². The topological polar surface area (TPSA) is 34.2 Å². The van der Waals surface area contributed by atoms with Gasteiger partial charge in [-0.3, -0.25) is 0 Å². The number of hydrogen-bond acceptors (Lipinski definition) is 3. The molecule has 2 aromatic rings. The molecule has 0 fully saturated rings. The molecule has 1 N–H and O–H groups in total. The molecular formula is C16H18ClFN2O. The van der Waals surface area contributed by atoms with Gasteiger partial charge in [0.15, 0.2) is 0 Å². The minimum Gasteiger partial charge on any atom is -0.473 e. The van der Waals surface area contributed by atoms with Crippen molar-refractivity contribution in [2.45, 2.75) is 33.0 Å². The van der Waals surface area contributed by atoms with Crippen LogP contribution in [0.2, 0.25) is 5.02 Å². The largest absolute Gasteiger partial charge is 0.473 e. The van der Waals surface area contributed by atoms with E-state index < -0.39 is 0 Å². The van der Waals surface area contributed by atoms with Gasteiger partial charge in [-0.1, -0.05) is 43.6 Å². The van der Waals surface area contributed by atoms with Gasteiger partial charge in [-0.05, 0) is 12.1 Å². The maximum absolute atomic E-state index is 13.3. The van der Waals surface area contributed by atoms with Crippen LogP contribution in [0, 0.1) is 5.82 Å². The molecule has 1 aromatic heterocycles. The number of hydrogen-bond donors (Lipinski definition) is 1. The quantitative estimate of drug-likeness (QED) is 0.877. The molecule has 0 spiro atoms. The number of halogens is 2. The van der Waals surface area contributed by atoms with Crippen LogP contribution in [0.4, 0.5) is 4.39 Å². The molecule has 0 saturated carbocycles. The summed E-state index contributed by atoms with van der Waals surface area (Å²) in [4.78, 5) is 4.02. The van der Waals surface area contributed by atoms with Crippen molar-refractivity contribution in [3.8, 4) is 5.88 Å². The van der Waals surface area contributed by atoms with Crippen LogP contribution in [0.25, 0.3) is 0 Å². The van der Waals surface area contributed by atoms with Crippen molar-refractivity contribution in [1.29, 1.82) is 0 Å². The van der Waals surface area contributed by atoms with E-state index in [9.17, 15) is 4.39 Å². The minimum atomic E-state index is -0.374. The molecule has 2 rings (SSSR count). The van der Waals surface area contributed by atoms with Gasteiger partial charge < -0.3 is 10.1 Å². The van der Waals surface area contributed by atoms with Gasteiger partial charge in [0, 0.05) is 28.7 Å². The van der Waals surface area contributed by atoms with E-state index >= 15 is 0 Å². The van der Waals surface area contributed by atoms with Crippen LogP contribution in [0.5, 0.6) is 5.88 Å². The van der Waals surface area contributed by atoms with E-state index in [1.165, 1.54) is 6.07 Å². The summed E-state index contributed by atoms with van der Waals surface area (Å²) in [5, 5.41) is 3.87. The predicted molar refractivity (Wildman–Crippen MR) is 82.0 cm³/mol. The van der Waals surface area contributed by atoms with Crippen molar-refractivity contribution >= 4 is 11.6 Å². The number of aromatic nitrogens is 1. The summed E-state index contributed by atoms with van der Waals surface area (Å²) in [5.41, 5.74) is 1.56. The number of benzene rings is 1. The number of pyridine rings is 1. The van der Waals surface area contributed by atoms with Crippen molar-refractivity contribution in [3.63, 3.8) is 0 Å². The van der Waals surface area contributed by atoms with Crippen molar-refractivity contribution in [2.75, 3.05) is 0 Å². The van der Waals surface area contributed by atoms with Gasteiger partial charge in [-0.2, -0.15) is 0 Å². The van der Waals surface area contributed by atoms with E-state index in [1.807, 2.05) is 32.0 Å². The maximum Gasteiger partial charge on any atom is 0.218 e. The third-order valence-corrected chi connectivity index (χ3v) is 3.28. The molecule has 112 valence electrons. The highest BCUT2D eigenvalue weighted by Crippen LogP contribution is 2.20. The molecule has 0 bridgehead atoms. The maximum atomic E-state index is 13.3. The smallest absolute Gasteiger partial charge is 0.218 e. The second-order valence-corrected chi connectivity index (χ2v) is 5.44. The fourth-order valence-electron chi connectivity index (χ4n) is 1.80. The fraction of sp³-hybridized carbons (Fsp3) is 0.312. The molecular weight excluding hydrogens is 291 g/mol. The zero-order valence-electron chi connectivity index (χ0n) is 12.1. The minimum absolute atomic E-state index is 0.296. The Morgan fingerprint density at radius 3 is 2.76 bits per heavy atom. The van der Waals surface area contributed by atoms with E-state index in [0.29, 0.717) is 35.7 Å². The van der Waals surface area contributed by atoms with Crippen LogP contribution < -0.4 is 10.1 Å². The van der Waals surface area contributed by atoms with Crippen LogP contribution in [0.3, 0.4) is 0 Å². The summed E-state index contributed by atoms with van der Waals surface area (Å²) >= 11 is 6.09. The van der Waals surface area contributed by atoms with Crippen molar-refractivity contribution < 1.29 is 9.13 Å². The first-order valence-corrected chi connectivity index (χ1v) is 7.18. The summed E-state index contributed by atoms with van der Waals surface area (Å²) in [7, 11) is 0. The van der Waals surface area contributed by atoms with Gasteiger partial charge in [0.2, 0.25) is 5.88 Å². The molecule has 0 aliphatic rings. The van der Waals surface area contributed by atoms with Gasteiger partial charge >= 0.3 is 0 Å². The Morgan fingerprint density at radius 2 is 2.05 bits per heavy atom. The lowest BCUT2D eigenvalue weighted by molar-refractivity contribution is 0.288. The number of nitrogens with zero attached hydrogens (tertiary/aromatic N) is 1. The SMILES string of the molecule is CC(C)NCc1cc(F)cnc1OCc1ccccc1Cl. The highest BCUT2D eigenvalue weighted by Gasteiger charge is 2.09. The van der Waals surface area contributed by atoms with Crippen molar-refractivity contribution in [1.82, 2.24) is 10.3 Å². The lowest BCUT2D eigenvalue weighted by Crippen LogP contribution is -2.22. The molecule has 0 aliphatic carbocycles. The third kappa shape index (κ3) is 4.69. The third-order valence-electron chi connectivity index (χ3n) is 2.91. The monoisotopic (exact) mass is 308 g/mol. The first kappa shape index (κ1) is 15.7. The second kappa shape index (κ2) is 7.38. The number of ether oxygens (including phenoxy) is 1. The van der Waals surface area contributed by atoms with Crippen molar-refractivity contribution in [3.05, 3.63) is 58.5 Å². The van der Waals surface area contributed by atoms with E-state index in [4.69, 9.17) is 16.3 Å². The van der Waals surface area contributed by atoms with Crippen LogP contribution in [-0.2, 0) is 13.2 Å². The highest BCUT2D eigenvalue weighted by atomic mass is 35.5.